The summed E-state index contributed by atoms with van der Waals surface area (Å²) in [6.45, 7) is 5.17. The molecule has 1 amide bonds. The van der Waals surface area contributed by atoms with E-state index in [1.54, 1.807) is 13.1 Å². The zero-order valence-electron chi connectivity index (χ0n) is 15.0. The molecule has 0 aliphatic carbocycles. The lowest BCUT2D eigenvalue weighted by Gasteiger charge is -2.19. The van der Waals surface area contributed by atoms with E-state index in [9.17, 15) is 4.79 Å². The minimum atomic E-state index is -0.0514. The number of likely N-dealkylation sites (tertiary alicyclic amines) is 1. The maximum atomic E-state index is 12.3. The van der Waals surface area contributed by atoms with Crippen molar-refractivity contribution in [2.75, 3.05) is 18.4 Å². The number of hydrogen-bond acceptors (Lipinski definition) is 6. The largest absolute Gasteiger partial charge is 0.310 e. The first kappa shape index (κ1) is 18.5. The van der Waals surface area contributed by atoms with E-state index in [2.05, 4.69) is 22.1 Å². The number of hydrogen-bond donors (Lipinski definition) is 3. The molecule has 1 aromatic carbocycles. The number of carbonyl (C=O) groups is 1. The van der Waals surface area contributed by atoms with Gasteiger partial charge in [-0.3, -0.25) is 20.5 Å². The van der Waals surface area contributed by atoms with Crippen LogP contribution < -0.4 is 5.32 Å². The van der Waals surface area contributed by atoms with E-state index in [-0.39, 0.29) is 5.91 Å². The molecule has 0 radical (unpaired) electrons. The monoisotopic (exact) mass is 369 g/mol. The summed E-state index contributed by atoms with van der Waals surface area (Å²) in [4.78, 5) is 18.8. The predicted octanol–water partition coefficient (Wildman–Crippen LogP) is 3.71. The van der Waals surface area contributed by atoms with Gasteiger partial charge in [-0.25, -0.2) is 4.98 Å². The number of fused-ring (bicyclic) bond motifs is 1. The van der Waals surface area contributed by atoms with Crippen LogP contribution in [0, 0.1) is 10.8 Å². The Labute approximate surface area is 157 Å². The van der Waals surface area contributed by atoms with Crippen LogP contribution in [0.25, 0.3) is 10.8 Å². The molecule has 1 aliphatic rings. The molecular formula is C19H23N5OS. The lowest BCUT2D eigenvalue weighted by molar-refractivity contribution is -0.117. The Kier molecular flexibility index (Phi) is 5.68. The van der Waals surface area contributed by atoms with Crippen molar-refractivity contribution < 1.29 is 4.79 Å². The SMILES string of the molecule is CC(=N)SC(=N)c1ccc2cnc(NC(=O)CN3CCC[C@H]3C)cc2c1. The van der Waals surface area contributed by atoms with Crippen molar-refractivity contribution in [3.8, 4) is 0 Å². The van der Waals surface area contributed by atoms with Crippen LogP contribution >= 0.6 is 11.8 Å². The number of rotatable bonds is 4. The second-order valence-electron chi connectivity index (χ2n) is 6.63. The first-order chi connectivity index (χ1) is 12.4. The smallest absolute Gasteiger partial charge is 0.239 e. The molecule has 7 heteroatoms. The number of carbonyl (C=O) groups excluding carboxylic acids is 1. The number of aromatic nitrogens is 1. The van der Waals surface area contributed by atoms with Crippen LogP contribution in [-0.2, 0) is 4.79 Å². The maximum Gasteiger partial charge on any atom is 0.239 e. The summed E-state index contributed by atoms with van der Waals surface area (Å²) < 4.78 is 0. The van der Waals surface area contributed by atoms with Gasteiger partial charge in [0.25, 0.3) is 0 Å². The van der Waals surface area contributed by atoms with Gasteiger partial charge in [-0.1, -0.05) is 23.9 Å². The van der Waals surface area contributed by atoms with E-state index in [1.165, 1.54) is 0 Å². The van der Waals surface area contributed by atoms with Crippen molar-refractivity contribution in [3.63, 3.8) is 0 Å². The fraction of sp³-hybridized carbons (Fsp3) is 0.368. The van der Waals surface area contributed by atoms with Gasteiger partial charge in [-0.15, -0.1) is 0 Å². The van der Waals surface area contributed by atoms with Crippen LogP contribution in [0.15, 0.2) is 30.5 Å². The zero-order valence-corrected chi connectivity index (χ0v) is 15.8. The Balaban J connectivity index is 1.73. The molecule has 6 nitrogen and oxygen atoms in total. The first-order valence-corrected chi connectivity index (χ1v) is 9.49. The first-order valence-electron chi connectivity index (χ1n) is 8.68. The lowest BCUT2D eigenvalue weighted by Crippen LogP contribution is -2.35. The molecular weight excluding hydrogens is 346 g/mol. The molecule has 3 rings (SSSR count). The highest BCUT2D eigenvalue weighted by atomic mass is 32.2. The van der Waals surface area contributed by atoms with Crippen molar-refractivity contribution in [2.24, 2.45) is 0 Å². The van der Waals surface area contributed by atoms with Crippen LogP contribution in [0.2, 0.25) is 0 Å². The summed E-state index contributed by atoms with van der Waals surface area (Å²) in [6.07, 6.45) is 4.01. The minimum Gasteiger partial charge on any atom is -0.310 e. The zero-order chi connectivity index (χ0) is 18.7. The fourth-order valence-corrected chi connectivity index (χ4v) is 3.71. The molecule has 1 saturated heterocycles. The number of thioether (sulfide) groups is 1. The summed E-state index contributed by atoms with van der Waals surface area (Å²) in [6, 6.07) is 7.94. The van der Waals surface area contributed by atoms with Gasteiger partial charge in [0.2, 0.25) is 5.91 Å². The molecule has 1 atom stereocenters. The highest BCUT2D eigenvalue weighted by Gasteiger charge is 2.22. The molecule has 0 unspecified atom stereocenters. The lowest BCUT2D eigenvalue weighted by atomic mass is 10.1. The average Bonchev–Trinajstić information content (AvgIpc) is 2.98. The number of anilines is 1. The number of amides is 1. The van der Waals surface area contributed by atoms with Gasteiger partial charge in [0.05, 0.1) is 11.6 Å². The van der Waals surface area contributed by atoms with Gasteiger partial charge < -0.3 is 5.32 Å². The topological polar surface area (TPSA) is 92.9 Å². The molecule has 2 aromatic rings. The molecule has 0 bridgehead atoms. The molecule has 136 valence electrons. The molecule has 0 spiro atoms. The number of benzene rings is 1. The van der Waals surface area contributed by atoms with Gasteiger partial charge in [-0.05, 0) is 50.8 Å². The Morgan fingerprint density at radius 1 is 1.35 bits per heavy atom. The van der Waals surface area contributed by atoms with Crippen LogP contribution in [0.5, 0.6) is 0 Å². The van der Waals surface area contributed by atoms with E-state index in [4.69, 9.17) is 10.8 Å². The quantitative estimate of drug-likeness (QED) is 0.566. The van der Waals surface area contributed by atoms with Gasteiger partial charge in [0, 0.05) is 23.2 Å². The molecule has 0 saturated carbocycles. The average molecular weight is 369 g/mol. The molecule has 1 aliphatic heterocycles. The summed E-state index contributed by atoms with van der Waals surface area (Å²) in [5, 5.41) is 21.1. The second kappa shape index (κ2) is 7.97. The summed E-state index contributed by atoms with van der Waals surface area (Å²) in [7, 11) is 0. The molecule has 1 aromatic heterocycles. The highest BCUT2D eigenvalue weighted by molar-refractivity contribution is 8.26. The minimum absolute atomic E-state index is 0.0514. The van der Waals surface area contributed by atoms with E-state index >= 15 is 0 Å². The van der Waals surface area contributed by atoms with E-state index < -0.39 is 0 Å². The van der Waals surface area contributed by atoms with E-state index in [1.807, 2.05) is 24.3 Å². The van der Waals surface area contributed by atoms with Gasteiger partial charge in [0.1, 0.15) is 10.9 Å². The Morgan fingerprint density at radius 2 is 2.15 bits per heavy atom. The summed E-state index contributed by atoms with van der Waals surface area (Å²) >= 11 is 1.12. The van der Waals surface area contributed by atoms with Crippen LogP contribution in [-0.4, -0.2) is 45.0 Å². The Bertz CT molecular complexity index is 866. The number of nitrogens with zero attached hydrogens (tertiary/aromatic N) is 2. The molecule has 3 N–H and O–H groups in total. The third-order valence-electron chi connectivity index (χ3n) is 4.54. The third-order valence-corrected chi connectivity index (χ3v) is 5.29. The molecule has 26 heavy (non-hydrogen) atoms. The predicted molar refractivity (Wildman–Crippen MR) is 108 cm³/mol. The van der Waals surface area contributed by atoms with Crippen molar-refractivity contribution in [1.82, 2.24) is 9.88 Å². The number of pyridine rings is 1. The fourth-order valence-electron chi connectivity index (χ4n) is 3.16. The van der Waals surface area contributed by atoms with Crippen molar-refractivity contribution in [2.45, 2.75) is 32.7 Å². The maximum absolute atomic E-state index is 12.3. The number of nitrogens with one attached hydrogen (secondary N) is 3. The summed E-state index contributed by atoms with van der Waals surface area (Å²) in [5.41, 5.74) is 0.753. The van der Waals surface area contributed by atoms with Crippen LogP contribution in [0.1, 0.15) is 32.3 Å². The van der Waals surface area contributed by atoms with Crippen LogP contribution in [0.4, 0.5) is 5.82 Å². The van der Waals surface area contributed by atoms with Gasteiger partial charge >= 0.3 is 0 Å². The van der Waals surface area contributed by atoms with Crippen molar-refractivity contribution >= 4 is 44.3 Å². The Morgan fingerprint density at radius 3 is 2.85 bits per heavy atom. The standard InChI is InChI=1S/C19H23N5OS/c1-12-4-3-7-24(12)11-18(25)23-17-9-16-8-14(19(21)26-13(2)20)5-6-15(16)10-22-17/h5-6,8-10,12,20-21H,3-4,7,11H2,1-2H3,(H,22,23,25)/t12-/m1/s1. The summed E-state index contributed by atoms with van der Waals surface area (Å²) in [5.74, 6) is 0.471. The van der Waals surface area contributed by atoms with Gasteiger partial charge in [-0.2, -0.15) is 0 Å². The third kappa shape index (κ3) is 4.47. The van der Waals surface area contributed by atoms with E-state index in [0.29, 0.717) is 28.5 Å². The normalized spacial score (nSPS) is 17.4. The van der Waals surface area contributed by atoms with Gasteiger partial charge in [0.15, 0.2) is 0 Å². The second-order valence-corrected chi connectivity index (χ2v) is 7.85. The Hall–Kier alpha value is -2.25. The van der Waals surface area contributed by atoms with Crippen molar-refractivity contribution in [3.05, 3.63) is 36.0 Å². The van der Waals surface area contributed by atoms with Crippen LogP contribution in [0.3, 0.4) is 0 Å². The molecule has 1 fully saturated rings. The van der Waals surface area contributed by atoms with E-state index in [0.717, 1.165) is 47.5 Å². The van der Waals surface area contributed by atoms with Crippen molar-refractivity contribution in [1.29, 1.82) is 10.8 Å². The molecule has 2 heterocycles. The highest BCUT2D eigenvalue weighted by Crippen LogP contribution is 2.22.